The highest BCUT2D eigenvalue weighted by atomic mass is 16.5. The first-order valence-electron chi connectivity index (χ1n) is 7.85. The van der Waals surface area contributed by atoms with Crippen molar-refractivity contribution in [3.05, 3.63) is 18.2 Å². The van der Waals surface area contributed by atoms with Gasteiger partial charge in [0, 0.05) is 32.5 Å². The third kappa shape index (κ3) is 4.30. The van der Waals surface area contributed by atoms with Crippen molar-refractivity contribution in [2.24, 2.45) is 13.0 Å². The number of hydrogen-bond donors (Lipinski definition) is 1. The van der Waals surface area contributed by atoms with Crippen molar-refractivity contribution >= 4 is 5.91 Å². The number of hydrogen-bond acceptors (Lipinski definition) is 4. The van der Waals surface area contributed by atoms with Gasteiger partial charge in [-0.05, 0) is 39.5 Å². The molecule has 1 aliphatic heterocycles. The van der Waals surface area contributed by atoms with Crippen LogP contribution in [0.5, 0.6) is 0 Å². The summed E-state index contributed by atoms with van der Waals surface area (Å²) < 4.78 is 7.39. The van der Waals surface area contributed by atoms with Gasteiger partial charge in [-0.15, -0.1) is 0 Å². The number of rotatable bonds is 4. The Hall–Kier alpha value is -1.40. The van der Waals surface area contributed by atoms with E-state index >= 15 is 0 Å². The number of nitrogens with zero attached hydrogens (tertiary/aromatic N) is 3. The van der Waals surface area contributed by atoms with E-state index < -0.39 is 6.10 Å². The molecule has 1 N–H and O–H groups in total. The number of aliphatic hydroxyl groups excluding tert-OH is 1. The second-order valence-corrected chi connectivity index (χ2v) is 6.96. The number of aryl methyl sites for hydroxylation is 1. The van der Waals surface area contributed by atoms with Crippen LogP contribution in [0.25, 0.3) is 0 Å². The van der Waals surface area contributed by atoms with Crippen LogP contribution in [0.4, 0.5) is 0 Å². The lowest BCUT2D eigenvalue weighted by Crippen LogP contribution is -2.42. The Balaban J connectivity index is 1.83. The first-order valence-corrected chi connectivity index (χ1v) is 7.85. The van der Waals surface area contributed by atoms with Crippen molar-refractivity contribution in [2.75, 3.05) is 19.7 Å². The van der Waals surface area contributed by atoms with Gasteiger partial charge in [-0.25, -0.2) is 4.98 Å². The summed E-state index contributed by atoms with van der Waals surface area (Å²) in [7, 11) is 1.88. The highest BCUT2D eigenvalue weighted by Gasteiger charge is 2.30. The van der Waals surface area contributed by atoms with Crippen molar-refractivity contribution in [2.45, 2.75) is 45.3 Å². The molecule has 1 unspecified atom stereocenters. The molecule has 1 saturated heterocycles. The van der Waals surface area contributed by atoms with Gasteiger partial charge in [-0.2, -0.15) is 0 Å². The zero-order valence-corrected chi connectivity index (χ0v) is 14.0. The van der Waals surface area contributed by atoms with Gasteiger partial charge in [-0.1, -0.05) is 0 Å². The Morgan fingerprint density at radius 1 is 1.45 bits per heavy atom. The molecule has 0 spiro atoms. The van der Waals surface area contributed by atoms with Crippen LogP contribution in [0.3, 0.4) is 0 Å². The molecule has 6 nitrogen and oxygen atoms in total. The minimum absolute atomic E-state index is 0.0276. The van der Waals surface area contributed by atoms with Crippen LogP contribution in [0.15, 0.2) is 12.4 Å². The van der Waals surface area contributed by atoms with Crippen molar-refractivity contribution in [3.63, 3.8) is 0 Å². The van der Waals surface area contributed by atoms with E-state index in [1.54, 1.807) is 6.20 Å². The van der Waals surface area contributed by atoms with E-state index in [4.69, 9.17) is 4.74 Å². The number of carbonyl (C=O) groups is 1. The van der Waals surface area contributed by atoms with Crippen LogP contribution in [-0.2, 0) is 16.6 Å². The minimum Gasteiger partial charge on any atom is -0.385 e. The molecule has 0 aliphatic carbocycles. The number of carbonyl (C=O) groups excluding carboxylic acids is 1. The average molecular weight is 309 g/mol. The predicted molar refractivity (Wildman–Crippen MR) is 83.2 cm³/mol. The maximum atomic E-state index is 12.1. The molecular weight excluding hydrogens is 282 g/mol. The number of imidazole rings is 1. The molecule has 22 heavy (non-hydrogen) atoms. The fourth-order valence-electron chi connectivity index (χ4n) is 2.71. The van der Waals surface area contributed by atoms with Gasteiger partial charge in [0.1, 0.15) is 18.5 Å². The van der Waals surface area contributed by atoms with Gasteiger partial charge in [0.25, 0.3) is 0 Å². The molecule has 124 valence electrons. The average Bonchev–Trinajstić information content (AvgIpc) is 2.89. The molecule has 1 aliphatic rings. The van der Waals surface area contributed by atoms with Crippen LogP contribution in [0, 0.1) is 5.92 Å². The molecule has 0 saturated carbocycles. The molecule has 1 fully saturated rings. The van der Waals surface area contributed by atoms with Gasteiger partial charge < -0.3 is 19.3 Å². The minimum atomic E-state index is -0.567. The Bertz CT molecular complexity index is 499. The standard InChI is InChI=1S/C16H27N3O3/c1-16(2,3)22-11-13(20)19-8-5-12(6-9-19)14(21)15-17-7-10-18(15)4/h7,10,12,14,21H,5-6,8-9,11H2,1-4H3. The second kappa shape index (κ2) is 6.79. The van der Waals surface area contributed by atoms with E-state index in [1.807, 2.05) is 43.5 Å². The fraction of sp³-hybridized carbons (Fsp3) is 0.750. The summed E-state index contributed by atoms with van der Waals surface area (Å²) in [6.07, 6.45) is 4.54. The maximum Gasteiger partial charge on any atom is 0.248 e. The Morgan fingerprint density at radius 3 is 2.59 bits per heavy atom. The predicted octanol–water partition coefficient (Wildman–Crippen LogP) is 1.51. The molecule has 1 aromatic rings. The van der Waals surface area contributed by atoms with Crippen LogP contribution in [0.2, 0.25) is 0 Å². The van der Waals surface area contributed by atoms with E-state index in [0.29, 0.717) is 18.9 Å². The molecule has 1 atom stereocenters. The maximum absolute atomic E-state index is 12.1. The quantitative estimate of drug-likeness (QED) is 0.915. The molecule has 1 aromatic heterocycles. The molecule has 1 amide bonds. The van der Waals surface area contributed by atoms with Gasteiger partial charge in [0.05, 0.1) is 5.60 Å². The van der Waals surface area contributed by atoms with Crippen LogP contribution < -0.4 is 0 Å². The van der Waals surface area contributed by atoms with Crippen molar-refractivity contribution in [1.29, 1.82) is 0 Å². The summed E-state index contributed by atoms with van der Waals surface area (Å²) in [5.74, 6) is 0.870. The van der Waals surface area contributed by atoms with Crippen molar-refractivity contribution < 1.29 is 14.6 Å². The normalized spacial score (nSPS) is 18.5. The molecule has 0 bridgehead atoms. The SMILES string of the molecule is Cn1ccnc1C(O)C1CCN(C(=O)COC(C)(C)C)CC1. The number of piperidine rings is 1. The van der Waals surface area contributed by atoms with E-state index in [-0.39, 0.29) is 24.0 Å². The lowest BCUT2D eigenvalue weighted by molar-refractivity contribution is -0.143. The number of amides is 1. The summed E-state index contributed by atoms with van der Waals surface area (Å²) >= 11 is 0. The van der Waals surface area contributed by atoms with E-state index in [1.165, 1.54) is 0 Å². The first kappa shape index (κ1) is 17.0. The Labute approximate surface area is 132 Å². The number of aliphatic hydroxyl groups is 1. The third-order valence-corrected chi connectivity index (χ3v) is 4.09. The summed E-state index contributed by atoms with van der Waals surface area (Å²) in [6.45, 7) is 7.27. The molecule has 2 rings (SSSR count). The highest BCUT2D eigenvalue weighted by molar-refractivity contribution is 5.77. The first-order chi connectivity index (χ1) is 10.3. The number of likely N-dealkylation sites (tertiary alicyclic amines) is 1. The van der Waals surface area contributed by atoms with Crippen LogP contribution in [-0.4, -0.2) is 50.8 Å². The van der Waals surface area contributed by atoms with Crippen molar-refractivity contribution in [1.82, 2.24) is 14.5 Å². The summed E-state index contributed by atoms with van der Waals surface area (Å²) in [5.41, 5.74) is -0.303. The molecule has 0 aromatic carbocycles. The Kier molecular flexibility index (Phi) is 5.24. The van der Waals surface area contributed by atoms with Gasteiger partial charge in [-0.3, -0.25) is 4.79 Å². The van der Waals surface area contributed by atoms with Gasteiger partial charge >= 0.3 is 0 Å². The van der Waals surface area contributed by atoms with Crippen molar-refractivity contribution in [3.8, 4) is 0 Å². The smallest absolute Gasteiger partial charge is 0.248 e. The molecule has 2 heterocycles. The van der Waals surface area contributed by atoms with Crippen LogP contribution in [0.1, 0.15) is 45.5 Å². The Morgan fingerprint density at radius 2 is 2.09 bits per heavy atom. The number of aromatic nitrogens is 2. The zero-order valence-electron chi connectivity index (χ0n) is 14.0. The molecular formula is C16H27N3O3. The van der Waals surface area contributed by atoms with Crippen LogP contribution >= 0.6 is 0 Å². The van der Waals surface area contributed by atoms with E-state index in [2.05, 4.69) is 4.98 Å². The lowest BCUT2D eigenvalue weighted by atomic mass is 9.90. The monoisotopic (exact) mass is 309 g/mol. The number of ether oxygens (including phenoxy) is 1. The lowest BCUT2D eigenvalue weighted by Gasteiger charge is -2.34. The van der Waals surface area contributed by atoms with E-state index in [9.17, 15) is 9.90 Å². The van der Waals surface area contributed by atoms with Gasteiger partial charge in [0.15, 0.2) is 0 Å². The largest absolute Gasteiger partial charge is 0.385 e. The van der Waals surface area contributed by atoms with Gasteiger partial charge in [0.2, 0.25) is 5.91 Å². The van der Waals surface area contributed by atoms with E-state index in [0.717, 1.165) is 12.8 Å². The summed E-state index contributed by atoms with van der Waals surface area (Å²) in [5, 5.41) is 10.4. The molecule has 0 radical (unpaired) electrons. The molecule has 6 heteroatoms. The topological polar surface area (TPSA) is 67.6 Å². The fourth-order valence-corrected chi connectivity index (χ4v) is 2.71. The summed E-state index contributed by atoms with van der Waals surface area (Å²) in [6, 6.07) is 0. The zero-order chi connectivity index (χ0) is 16.3. The second-order valence-electron chi connectivity index (χ2n) is 6.96. The highest BCUT2D eigenvalue weighted by Crippen LogP contribution is 2.29. The third-order valence-electron chi connectivity index (χ3n) is 4.09. The summed E-state index contributed by atoms with van der Waals surface area (Å²) in [4.78, 5) is 18.2.